The second-order valence-electron chi connectivity index (χ2n) is 3.06. The molecule has 0 bridgehead atoms. The molecule has 0 aromatic heterocycles. The van der Waals surface area contributed by atoms with Crippen molar-refractivity contribution < 1.29 is 4.74 Å². The monoisotopic (exact) mass is 164 g/mol. The number of allylic oxidation sites excluding steroid dienone is 4. The zero-order valence-corrected chi connectivity index (χ0v) is 7.84. The van der Waals surface area contributed by atoms with Gasteiger partial charge in [-0.05, 0) is 38.3 Å². The summed E-state index contributed by atoms with van der Waals surface area (Å²) in [6, 6.07) is 0. The van der Waals surface area contributed by atoms with Crippen LogP contribution in [0.1, 0.15) is 26.7 Å². The first-order valence-corrected chi connectivity index (χ1v) is 4.43. The Morgan fingerprint density at radius 1 is 1.58 bits per heavy atom. The summed E-state index contributed by atoms with van der Waals surface area (Å²) in [5, 5.41) is 0. The maximum atomic E-state index is 5.61. The first-order chi connectivity index (χ1) is 5.77. The molecule has 0 fully saturated rings. The van der Waals surface area contributed by atoms with Crippen molar-refractivity contribution >= 4 is 0 Å². The van der Waals surface area contributed by atoms with Crippen molar-refractivity contribution in [3.8, 4) is 0 Å². The van der Waals surface area contributed by atoms with E-state index < -0.39 is 0 Å². The largest absolute Gasteiger partial charge is 0.490 e. The Morgan fingerprint density at radius 3 is 2.92 bits per heavy atom. The van der Waals surface area contributed by atoms with Gasteiger partial charge in [-0.3, -0.25) is 0 Å². The summed E-state index contributed by atoms with van der Waals surface area (Å²) in [5.74, 6) is 0.951. The fourth-order valence-electron chi connectivity index (χ4n) is 1.38. The number of ether oxygens (including phenoxy) is 1. The molecule has 66 valence electrons. The van der Waals surface area contributed by atoms with Crippen LogP contribution in [0.3, 0.4) is 0 Å². The Morgan fingerprint density at radius 2 is 2.33 bits per heavy atom. The van der Waals surface area contributed by atoms with Crippen molar-refractivity contribution in [2.24, 2.45) is 0 Å². The van der Waals surface area contributed by atoms with Crippen LogP contribution in [0.2, 0.25) is 0 Å². The molecular weight excluding hydrogens is 148 g/mol. The Bertz CT molecular complexity index is 223. The van der Waals surface area contributed by atoms with Crippen molar-refractivity contribution in [1.29, 1.82) is 0 Å². The van der Waals surface area contributed by atoms with Gasteiger partial charge in [0, 0.05) is 0 Å². The molecule has 0 aromatic carbocycles. The molecular formula is C11H16O. The standard InChI is InChI=1S/C11H16O/c1-4-6-10-8-7-9(3)12-11(10)5-2/h4-6,9H,2,7-8H2,1,3H3/b6-4-. The summed E-state index contributed by atoms with van der Waals surface area (Å²) in [6.45, 7) is 7.85. The lowest BCUT2D eigenvalue weighted by molar-refractivity contribution is 0.117. The van der Waals surface area contributed by atoms with Gasteiger partial charge in [0.2, 0.25) is 0 Å². The first kappa shape index (κ1) is 9.11. The highest BCUT2D eigenvalue weighted by molar-refractivity contribution is 5.29. The van der Waals surface area contributed by atoms with E-state index in [0.29, 0.717) is 6.10 Å². The number of hydrogen-bond acceptors (Lipinski definition) is 1. The Kier molecular flexibility index (Phi) is 3.15. The molecule has 1 aliphatic heterocycles. The predicted octanol–water partition coefficient (Wildman–Crippen LogP) is 3.20. The zero-order valence-electron chi connectivity index (χ0n) is 7.84. The average molecular weight is 164 g/mol. The second-order valence-corrected chi connectivity index (χ2v) is 3.06. The summed E-state index contributed by atoms with van der Waals surface area (Å²) in [7, 11) is 0. The highest BCUT2D eigenvalue weighted by atomic mass is 16.5. The van der Waals surface area contributed by atoms with Crippen LogP contribution in [0.15, 0.2) is 36.1 Å². The van der Waals surface area contributed by atoms with Gasteiger partial charge in [-0.15, -0.1) is 0 Å². The molecule has 0 amide bonds. The number of rotatable bonds is 2. The van der Waals surface area contributed by atoms with E-state index in [9.17, 15) is 0 Å². The molecule has 0 aliphatic carbocycles. The van der Waals surface area contributed by atoms with Crippen molar-refractivity contribution in [3.05, 3.63) is 36.1 Å². The molecule has 1 aliphatic rings. The third-order valence-electron chi connectivity index (χ3n) is 2.02. The van der Waals surface area contributed by atoms with E-state index in [-0.39, 0.29) is 0 Å². The lowest BCUT2D eigenvalue weighted by atomic mass is 10.0. The van der Waals surface area contributed by atoms with Crippen molar-refractivity contribution in [3.63, 3.8) is 0 Å². The minimum Gasteiger partial charge on any atom is -0.490 e. The maximum Gasteiger partial charge on any atom is 0.122 e. The van der Waals surface area contributed by atoms with Crippen LogP contribution in [0.25, 0.3) is 0 Å². The lowest BCUT2D eigenvalue weighted by Crippen LogP contribution is -2.13. The van der Waals surface area contributed by atoms with Crippen molar-refractivity contribution in [2.45, 2.75) is 32.8 Å². The fraction of sp³-hybridized carbons (Fsp3) is 0.455. The summed E-state index contributed by atoms with van der Waals surface area (Å²) >= 11 is 0. The van der Waals surface area contributed by atoms with Gasteiger partial charge in [0.25, 0.3) is 0 Å². The normalized spacial score (nSPS) is 24.3. The van der Waals surface area contributed by atoms with Crippen LogP contribution < -0.4 is 0 Å². The summed E-state index contributed by atoms with van der Waals surface area (Å²) in [6.07, 6.45) is 8.49. The molecule has 0 N–H and O–H groups in total. The van der Waals surface area contributed by atoms with E-state index in [4.69, 9.17) is 4.74 Å². The molecule has 0 saturated heterocycles. The van der Waals surface area contributed by atoms with Gasteiger partial charge in [0.15, 0.2) is 0 Å². The van der Waals surface area contributed by atoms with Gasteiger partial charge in [-0.1, -0.05) is 18.7 Å². The molecule has 1 nitrogen and oxygen atoms in total. The summed E-state index contributed by atoms with van der Waals surface area (Å²) < 4.78 is 5.61. The SMILES string of the molecule is C=CC1=C(/C=C\C)CCC(C)O1. The molecule has 1 atom stereocenters. The highest BCUT2D eigenvalue weighted by Gasteiger charge is 2.14. The van der Waals surface area contributed by atoms with Gasteiger partial charge >= 0.3 is 0 Å². The molecule has 1 heterocycles. The first-order valence-electron chi connectivity index (χ1n) is 4.43. The highest BCUT2D eigenvalue weighted by Crippen LogP contribution is 2.24. The van der Waals surface area contributed by atoms with Crippen LogP contribution in [-0.2, 0) is 4.74 Å². The summed E-state index contributed by atoms with van der Waals surface area (Å²) in [5.41, 5.74) is 1.27. The van der Waals surface area contributed by atoms with Gasteiger partial charge in [-0.25, -0.2) is 0 Å². The number of hydrogen-bond donors (Lipinski definition) is 0. The minimum absolute atomic E-state index is 0.340. The van der Waals surface area contributed by atoms with E-state index in [0.717, 1.165) is 18.6 Å². The van der Waals surface area contributed by atoms with E-state index >= 15 is 0 Å². The van der Waals surface area contributed by atoms with E-state index in [2.05, 4.69) is 19.6 Å². The summed E-state index contributed by atoms with van der Waals surface area (Å²) in [4.78, 5) is 0. The molecule has 0 spiro atoms. The van der Waals surface area contributed by atoms with Gasteiger partial charge in [0.05, 0.1) is 6.10 Å². The maximum absolute atomic E-state index is 5.61. The van der Waals surface area contributed by atoms with Gasteiger partial charge in [0.1, 0.15) is 5.76 Å². The van der Waals surface area contributed by atoms with Gasteiger partial charge in [-0.2, -0.15) is 0 Å². The van der Waals surface area contributed by atoms with Crippen LogP contribution in [0.4, 0.5) is 0 Å². The fourth-order valence-corrected chi connectivity index (χ4v) is 1.38. The molecule has 1 rings (SSSR count). The van der Waals surface area contributed by atoms with Crippen LogP contribution in [-0.4, -0.2) is 6.10 Å². The topological polar surface area (TPSA) is 9.23 Å². The molecule has 1 unspecified atom stereocenters. The Hall–Kier alpha value is -0.980. The van der Waals surface area contributed by atoms with Gasteiger partial charge < -0.3 is 4.74 Å². The second kappa shape index (κ2) is 4.15. The lowest BCUT2D eigenvalue weighted by Gasteiger charge is -2.23. The van der Waals surface area contributed by atoms with E-state index in [1.54, 1.807) is 6.08 Å². The average Bonchev–Trinajstić information content (AvgIpc) is 2.08. The van der Waals surface area contributed by atoms with E-state index in [1.807, 2.05) is 13.0 Å². The zero-order chi connectivity index (χ0) is 8.97. The molecule has 1 heteroatoms. The van der Waals surface area contributed by atoms with Crippen LogP contribution >= 0.6 is 0 Å². The Labute approximate surface area is 74.4 Å². The predicted molar refractivity (Wildman–Crippen MR) is 51.8 cm³/mol. The molecule has 12 heavy (non-hydrogen) atoms. The Balaban J connectivity index is 2.83. The van der Waals surface area contributed by atoms with Crippen LogP contribution in [0, 0.1) is 0 Å². The smallest absolute Gasteiger partial charge is 0.122 e. The molecule has 0 aromatic rings. The van der Waals surface area contributed by atoms with Crippen molar-refractivity contribution in [2.75, 3.05) is 0 Å². The van der Waals surface area contributed by atoms with E-state index in [1.165, 1.54) is 5.57 Å². The molecule has 0 radical (unpaired) electrons. The minimum atomic E-state index is 0.340. The third kappa shape index (κ3) is 2.00. The van der Waals surface area contributed by atoms with Crippen LogP contribution in [0.5, 0.6) is 0 Å². The quantitative estimate of drug-likeness (QED) is 0.609. The molecule has 0 saturated carbocycles. The third-order valence-corrected chi connectivity index (χ3v) is 2.02. The van der Waals surface area contributed by atoms with Crippen molar-refractivity contribution in [1.82, 2.24) is 0 Å².